The van der Waals surface area contributed by atoms with Gasteiger partial charge in [-0.3, -0.25) is 10.1 Å². The van der Waals surface area contributed by atoms with Crippen LogP contribution in [0.3, 0.4) is 0 Å². The van der Waals surface area contributed by atoms with Crippen LogP contribution in [0, 0.1) is 10.1 Å². The van der Waals surface area contributed by atoms with Gasteiger partial charge in [-0.1, -0.05) is 0 Å². The molecule has 0 spiro atoms. The predicted octanol–water partition coefficient (Wildman–Crippen LogP) is 0.926. The summed E-state index contributed by atoms with van der Waals surface area (Å²) in [5.74, 6) is -0.594. The molecular weight excluding hydrogens is 202 g/mol. The van der Waals surface area contributed by atoms with Gasteiger partial charge in [0.15, 0.2) is 11.5 Å². The first kappa shape index (κ1) is 11.1. The minimum absolute atomic E-state index is 0.105. The third-order valence-corrected chi connectivity index (χ3v) is 1.92. The Hall–Kier alpha value is -1.98. The number of nitrogens with zero attached hydrogens (tertiary/aromatic N) is 1. The Balaban J connectivity index is 2.90. The topological polar surface area (TPSA) is 92.8 Å². The monoisotopic (exact) mass is 213 g/mol. The average Bonchev–Trinajstić information content (AvgIpc) is 2.19. The highest BCUT2D eigenvalue weighted by Gasteiger charge is 2.10. The fourth-order valence-electron chi connectivity index (χ4n) is 1.17. The molecule has 1 aromatic carbocycles. The van der Waals surface area contributed by atoms with Crippen LogP contribution in [0.4, 0.5) is 0 Å². The molecule has 0 saturated carbocycles. The number of nitro groups is 1. The van der Waals surface area contributed by atoms with Crippen LogP contribution in [0.1, 0.15) is 5.56 Å². The van der Waals surface area contributed by atoms with Crippen molar-refractivity contribution < 1.29 is 19.9 Å². The highest BCUT2D eigenvalue weighted by Crippen LogP contribution is 2.36. The molecule has 0 bridgehead atoms. The molecule has 0 aliphatic heterocycles. The van der Waals surface area contributed by atoms with Gasteiger partial charge in [-0.15, -0.1) is 0 Å². The number of hydrogen-bond acceptors (Lipinski definition) is 5. The maximum atomic E-state index is 10.1. The zero-order valence-electron chi connectivity index (χ0n) is 8.14. The van der Waals surface area contributed by atoms with Crippen LogP contribution in [0.25, 0.3) is 0 Å². The first-order chi connectivity index (χ1) is 7.04. The van der Waals surface area contributed by atoms with Crippen molar-refractivity contribution in [2.45, 2.75) is 6.42 Å². The molecule has 0 amide bonds. The summed E-state index contributed by atoms with van der Waals surface area (Å²) < 4.78 is 4.79. The van der Waals surface area contributed by atoms with Crippen molar-refractivity contribution in [1.29, 1.82) is 0 Å². The van der Waals surface area contributed by atoms with E-state index in [9.17, 15) is 20.3 Å². The third-order valence-electron chi connectivity index (χ3n) is 1.92. The molecule has 6 heteroatoms. The maximum Gasteiger partial charge on any atom is 0.207 e. The summed E-state index contributed by atoms with van der Waals surface area (Å²) >= 11 is 0. The minimum atomic E-state index is -0.448. The Morgan fingerprint density at radius 3 is 2.67 bits per heavy atom. The summed E-state index contributed by atoms with van der Waals surface area (Å²) in [6, 6.07) is 2.74. The molecule has 1 rings (SSSR count). The van der Waals surface area contributed by atoms with Crippen molar-refractivity contribution in [3.63, 3.8) is 0 Å². The van der Waals surface area contributed by atoms with Crippen LogP contribution < -0.4 is 4.74 Å². The van der Waals surface area contributed by atoms with E-state index >= 15 is 0 Å². The van der Waals surface area contributed by atoms with Gasteiger partial charge in [0.2, 0.25) is 12.3 Å². The molecule has 0 unspecified atom stereocenters. The van der Waals surface area contributed by atoms with E-state index < -0.39 is 4.92 Å². The summed E-state index contributed by atoms with van der Waals surface area (Å²) in [7, 11) is 1.34. The van der Waals surface area contributed by atoms with Gasteiger partial charge in [0, 0.05) is 11.3 Å². The molecule has 15 heavy (non-hydrogen) atoms. The molecule has 0 aromatic heterocycles. The summed E-state index contributed by atoms with van der Waals surface area (Å²) in [5.41, 5.74) is 0.541. The van der Waals surface area contributed by atoms with Crippen LogP contribution >= 0.6 is 0 Å². The Morgan fingerprint density at radius 2 is 2.13 bits per heavy atom. The first-order valence-corrected chi connectivity index (χ1v) is 4.25. The normalized spacial score (nSPS) is 9.93. The molecule has 1 aromatic rings. The number of hydrogen-bond donors (Lipinski definition) is 2. The number of benzene rings is 1. The predicted molar refractivity (Wildman–Crippen MR) is 51.9 cm³/mol. The quantitative estimate of drug-likeness (QED) is 0.440. The number of ether oxygens (including phenoxy) is 1. The van der Waals surface area contributed by atoms with Crippen molar-refractivity contribution in [1.82, 2.24) is 0 Å². The number of aromatic hydroxyl groups is 2. The third kappa shape index (κ3) is 2.73. The van der Waals surface area contributed by atoms with E-state index in [1.165, 1.54) is 19.2 Å². The zero-order chi connectivity index (χ0) is 11.4. The van der Waals surface area contributed by atoms with Crippen molar-refractivity contribution in [3.8, 4) is 17.2 Å². The molecule has 0 heterocycles. The van der Waals surface area contributed by atoms with Crippen molar-refractivity contribution >= 4 is 0 Å². The molecule has 0 radical (unpaired) electrons. The highest BCUT2D eigenvalue weighted by atomic mass is 16.6. The van der Waals surface area contributed by atoms with E-state index in [0.717, 1.165) is 0 Å². The van der Waals surface area contributed by atoms with E-state index in [-0.39, 0.29) is 30.2 Å². The number of phenolic OH excluding ortho intramolecular Hbond substituents is 2. The maximum absolute atomic E-state index is 10.1. The Kier molecular flexibility index (Phi) is 3.33. The zero-order valence-corrected chi connectivity index (χ0v) is 8.14. The fraction of sp³-hybridized carbons (Fsp3) is 0.333. The molecule has 0 atom stereocenters. The van der Waals surface area contributed by atoms with Gasteiger partial charge >= 0.3 is 0 Å². The second kappa shape index (κ2) is 4.50. The van der Waals surface area contributed by atoms with Crippen molar-refractivity contribution in [3.05, 3.63) is 27.8 Å². The molecule has 6 nitrogen and oxygen atoms in total. The first-order valence-electron chi connectivity index (χ1n) is 4.25. The van der Waals surface area contributed by atoms with E-state index in [0.29, 0.717) is 5.56 Å². The van der Waals surface area contributed by atoms with Crippen LogP contribution in [0.15, 0.2) is 12.1 Å². The molecule has 0 saturated heterocycles. The Morgan fingerprint density at radius 1 is 1.47 bits per heavy atom. The van der Waals surface area contributed by atoms with Crippen LogP contribution in [-0.4, -0.2) is 28.8 Å². The molecule has 0 aliphatic rings. The van der Waals surface area contributed by atoms with Gasteiger partial charge in [0.05, 0.1) is 7.11 Å². The summed E-state index contributed by atoms with van der Waals surface area (Å²) in [6.45, 7) is -0.229. The van der Waals surface area contributed by atoms with Crippen LogP contribution in [-0.2, 0) is 6.42 Å². The molecule has 2 N–H and O–H groups in total. The largest absolute Gasteiger partial charge is 0.504 e. The lowest BCUT2D eigenvalue weighted by Gasteiger charge is -2.07. The number of phenols is 2. The van der Waals surface area contributed by atoms with E-state index in [4.69, 9.17) is 4.74 Å². The second-order valence-corrected chi connectivity index (χ2v) is 2.97. The van der Waals surface area contributed by atoms with E-state index in [1.54, 1.807) is 0 Å². The Bertz CT molecular complexity index is 377. The molecule has 0 fully saturated rings. The fourth-order valence-corrected chi connectivity index (χ4v) is 1.17. The van der Waals surface area contributed by atoms with Crippen LogP contribution in [0.2, 0.25) is 0 Å². The lowest BCUT2D eigenvalue weighted by molar-refractivity contribution is -0.479. The van der Waals surface area contributed by atoms with Crippen molar-refractivity contribution in [2.75, 3.05) is 13.7 Å². The highest BCUT2D eigenvalue weighted by molar-refractivity contribution is 5.51. The number of rotatable bonds is 4. The van der Waals surface area contributed by atoms with Gasteiger partial charge in [0.1, 0.15) is 0 Å². The number of methoxy groups -OCH3 is 1. The minimum Gasteiger partial charge on any atom is -0.504 e. The average molecular weight is 213 g/mol. The van der Waals surface area contributed by atoms with Gasteiger partial charge in [-0.2, -0.15) is 0 Å². The lowest BCUT2D eigenvalue weighted by atomic mass is 10.1. The Labute approximate surface area is 85.9 Å². The summed E-state index contributed by atoms with van der Waals surface area (Å²) in [4.78, 5) is 9.69. The van der Waals surface area contributed by atoms with E-state index in [1.807, 2.05) is 0 Å². The molecule has 0 aliphatic carbocycles. The summed E-state index contributed by atoms with van der Waals surface area (Å²) in [6.07, 6.45) is 0.178. The standard InChI is InChI=1S/C9H11NO5/c1-15-8-5-6(2-3-10(13)14)4-7(11)9(8)12/h4-5,11-12H,2-3H2,1H3. The van der Waals surface area contributed by atoms with Gasteiger partial charge < -0.3 is 14.9 Å². The van der Waals surface area contributed by atoms with Gasteiger partial charge in [-0.25, -0.2) is 0 Å². The van der Waals surface area contributed by atoms with Gasteiger partial charge in [0.25, 0.3) is 0 Å². The molecular formula is C9H11NO5. The SMILES string of the molecule is COc1cc(CC[N+](=O)[O-])cc(O)c1O. The lowest BCUT2D eigenvalue weighted by Crippen LogP contribution is -2.04. The molecule has 82 valence electrons. The van der Waals surface area contributed by atoms with Crippen molar-refractivity contribution in [2.24, 2.45) is 0 Å². The second-order valence-electron chi connectivity index (χ2n) is 2.97. The van der Waals surface area contributed by atoms with E-state index in [2.05, 4.69) is 0 Å². The summed E-state index contributed by atoms with van der Waals surface area (Å²) in [5, 5.41) is 28.7. The van der Waals surface area contributed by atoms with Crippen LogP contribution in [0.5, 0.6) is 17.2 Å². The smallest absolute Gasteiger partial charge is 0.207 e. The van der Waals surface area contributed by atoms with Gasteiger partial charge in [-0.05, 0) is 17.7 Å².